The lowest BCUT2D eigenvalue weighted by atomic mass is 9.81. The van der Waals surface area contributed by atoms with Crippen LogP contribution in [0.1, 0.15) is 42.5 Å². The van der Waals surface area contributed by atoms with Crippen LogP contribution in [-0.2, 0) is 4.79 Å². The molecule has 8 nitrogen and oxygen atoms in total. The topological polar surface area (TPSA) is 89.1 Å². The van der Waals surface area contributed by atoms with Crippen molar-refractivity contribution >= 4 is 17.5 Å². The van der Waals surface area contributed by atoms with Crippen LogP contribution in [0.15, 0.2) is 36.4 Å². The third kappa shape index (κ3) is 5.67. The van der Waals surface area contributed by atoms with Gasteiger partial charge in [-0.25, -0.2) is 4.39 Å². The standard InChI is InChI=1S/C26H32FN3O5/c1-33-22-10-16(11-23(34-2)25(22)35-3)26(32)29-19-13-20-8-5-9-21(14-19)30(20)15-24(31)28-18-7-4-6-17(27)12-18/h4,6-7,10-12,19-21H,5,8-9,13-15H2,1-3H3,(H,28,31)(H,29,32). The molecule has 2 aliphatic heterocycles. The number of carbonyl (C=O) groups is 2. The van der Waals surface area contributed by atoms with E-state index in [1.807, 2.05) is 0 Å². The minimum atomic E-state index is -0.386. The molecule has 0 aromatic heterocycles. The molecule has 2 N–H and O–H groups in total. The highest BCUT2D eigenvalue weighted by atomic mass is 19.1. The molecule has 2 heterocycles. The molecule has 2 bridgehead atoms. The van der Waals surface area contributed by atoms with Gasteiger partial charge < -0.3 is 24.8 Å². The average Bonchev–Trinajstić information content (AvgIpc) is 2.83. The van der Waals surface area contributed by atoms with Crippen LogP contribution in [-0.4, -0.2) is 62.7 Å². The maximum atomic E-state index is 13.4. The molecule has 9 heteroatoms. The summed E-state index contributed by atoms with van der Waals surface area (Å²) in [5, 5.41) is 5.95. The number of nitrogens with zero attached hydrogens (tertiary/aromatic N) is 1. The Balaban J connectivity index is 1.40. The van der Waals surface area contributed by atoms with Crippen molar-refractivity contribution in [3.05, 3.63) is 47.8 Å². The molecule has 35 heavy (non-hydrogen) atoms. The van der Waals surface area contributed by atoms with Crippen LogP contribution in [0.5, 0.6) is 17.2 Å². The smallest absolute Gasteiger partial charge is 0.251 e. The van der Waals surface area contributed by atoms with Gasteiger partial charge in [-0.15, -0.1) is 0 Å². The molecule has 2 aromatic rings. The van der Waals surface area contributed by atoms with Gasteiger partial charge in [-0.2, -0.15) is 0 Å². The third-order valence-electron chi connectivity index (χ3n) is 6.82. The monoisotopic (exact) mass is 485 g/mol. The van der Waals surface area contributed by atoms with Crippen LogP contribution in [0, 0.1) is 5.82 Å². The number of rotatable bonds is 8. The third-order valence-corrected chi connectivity index (χ3v) is 6.82. The van der Waals surface area contributed by atoms with Gasteiger partial charge in [0, 0.05) is 29.4 Å². The highest BCUT2D eigenvalue weighted by Crippen LogP contribution is 2.38. The van der Waals surface area contributed by atoms with Gasteiger partial charge in [-0.05, 0) is 56.0 Å². The number of benzene rings is 2. The number of hydrogen-bond acceptors (Lipinski definition) is 6. The summed E-state index contributed by atoms with van der Waals surface area (Å²) in [4.78, 5) is 28.0. The van der Waals surface area contributed by atoms with E-state index in [0.29, 0.717) is 28.5 Å². The van der Waals surface area contributed by atoms with E-state index in [2.05, 4.69) is 15.5 Å². The SMILES string of the molecule is COc1cc(C(=O)NC2CC3CCCC(C2)N3CC(=O)Nc2cccc(F)c2)cc(OC)c1OC. The second-order valence-corrected chi connectivity index (χ2v) is 9.03. The molecule has 0 aliphatic carbocycles. The Labute approximate surface area is 204 Å². The van der Waals surface area contributed by atoms with Crippen molar-refractivity contribution in [1.82, 2.24) is 10.2 Å². The fraction of sp³-hybridized carbons (Fsp3) is 0.462. The molecule has 2 fully saturated rings. The number of ether oxygens (including phenoxy) is 3. The molecule has 2 aliphatic rings. The molecule has 0 radical (unpaired) electrons. The molecule has 0 spiro atoms. The van der Waals surface area contributed by atoms with Crippen LogP contribution in [0.25, 0.3) is 0 Å². The van der Waals surface area contributed by atoms with Crippen LogP contribution in [0.2, 0.25) is 0 Å². The van der Waals surface area contributed by atoms with Crippen molar-refractivity contribution in [2.45, 2.75) is 50.2 Å². The zero-order chi connectivity index (χ0) is 24.9. The first-order valence-corrected chi connectivity index (χ1v) is 11.8. The first kappa shape index (κ1) is 24.8. The van der Waals surface area contributed by atoms with Crippen molar-refractivity contribution in [2.75, 3.05) is 33.2 Å². The second-order valence-electron chi connectivity index (χ2n) is 9.03. The molecule has 2 atom stereocenters. The maximum Gasteiger partial charge on any atom is 0.251 e. The fourth-order valence-electron chi connectivity index (χ4n) is 5.27. The number of fused-ring (bicyclic) bond motifs is 2. The molecule has 2 aromatic carbocycles. The first-order chi connectivity index (χ1) is 16.9. The summed E-state index contributed by atoms with van der Waals surface area (Å²) in [6, 6.07) is 9.58. The molecule has 0 saturated carbocycles. The largest absolute Gasteiger partial charge is 0.493 e. The number of hydrogen-bond donors (Lipinski definition) is 2. The second kappa shape index (κ2) is 10.9. The molecule has 4 rings (SSSR count). The van der Waals surface area contributed by atoms with Crippen LogP contribution >= 0.6 is 0 Å². The summed E-state index contributed by atoms with van der Waals surface area (Å²) >= 11 is 0. The number of amides is 2. The van der Waals surface area contributed by atoms with E-state index >= 15 is 0 Å². The molecule has 2 saturated heterocycles. The highest BCUT2D eigenvalue weighted by molar-refractivity contribution is 5.96. The first-order valence-electron chi connectivity index (χ1n) is 11.8. The molecule has 2 amide bonds. The van der Waals surface area contributed by atoms with Gasteiger partial charge in [0.25, 0.3) is 5.91 Å². The number of methoxy groups -OCH3 is 3. The Hall–Kier alpha value is -3.33. The van der Waals surface area contributed by atoms with Gasteiger partial charge >= 0.3 is 0 Å². The number of halogens is 1. The van der Waals surface area contributed by atoms with Crippen LogP contribution < -0.4 is 24.8 Å². The summed E-state index contributed by atoms with van der Waals surface area (Å²) in [5.41, 5.74) is 0.884. The van der Waals surface area contributed by atoms with Crippen molar-refractivity contribution in [3.8, 4) is 17.2 Å². The number of piperidine rings is 2. The van der Waals surface area contributed by atoms with E-state index < -0.39 is 0 Å². The van der Waals surface area contributed by atoms with Crippen molar-refractivity contribution in [1.29, 1.82) is 0 Å². The van der Waals surface area contributed by atoms with E-state index in [1.165, 1.54) is 33.5 Å². The summed E-state index contributed by atoms with van der Waals surface area (Å²) in [6.07, 6.45) is 4.57. The molecule has 2 unspecified atom stereocenters. The Morgan fingerprint density at radius 2 is 1.66 bits per heavy atom. The predicted octanol–water partition coefficient (Wildman–Crippen LogP) is 3.61. The molecular weight excluding hydrogens is 453 g/mol. The quantitative estimate of drug-likeness (QED) is 0.594. The van der Waals surface area contributed by atoms with E-state index in [0.717, 1.165) is 32.1 Å². The van der Waals surface area contributed by atoms with Gasteiger partial charge in [-0.1, -0.05) is 12.5 Å². The number of nitrogens with one attached hydrogen (secondary N) is 2. The lowest BCUT2D eigenvalue weighted by molar-refractivity contribution is -0.120. The van der Waals surface area contributed by atoms with Gasteiger partial charge in [0.15, 0.2) is 11.5 Å². The van der Waals surface area contributed by atoms with E-state index in [1.54, 1.807) is 24.3 Å². The highest BCUT2D eigenvalue weighted by Gasteiger charge is 2.39. The zero-order valence-corrected chi connectivity index (χ0v) is 20.3. The summed E-state index contributed by atoms with van der Waals surface area (Å²) in [6.45, 7) is 0.249. The Morgan fingerprint density at radius 1 is 1.00 bits per heavy atom. The van der Waals surface area contributed by atoms with Crippen LogP contribution in [0.3, 0.4) is 0 Å². The van der Waals surface area contributed by atoms with Crippen molar-refractivity contribution < 1.29 is 28.2 Å². The average molecular weight is 486 g/mol. The number of carbonyl (C=O) groups excluding carboxylic acids is 2. The zero-order valence-electron chi connectivity index (χ0n) is 20.3. The Morgan fingerprint density at radius 3 is 2.23 bits per heavy atom. The minimum absolute atomic E-state index is 0.000535. The van der Waals surface area contributed by atoms with Crippen molar-refractivity contribution in [3.63, 3.8) is 0 Å². The molecule has 188 valence electrons. The van der Waals surface area contributed by atoms with E-state index in [9.17, 15) is 14.0 Å². The normalized spacial score (nSPS) is 21.7. The molecular formula is C26H32FN3O5. The van der Waals surface area contributed by atoms with Crippen LogP contribution in [0.4, 0.5) is 10.1 Å². The minimum Gasteiger partial charge on any atom is -0.493 e. The maximum absolute atomic E-state index is 13.4. The number of anilines is 1. The van der Waals surface area contributed by atoms with E-state index in [4.69, 9.17) is 14.2 Å². The van der Waals surface area contributed by atoms with Gasteiger partial charge in [0.1, 0.15) is 5.82 Å². The summed E-state index contributed by atoms with van der Waals surface area (Å²) in [5.74, 6) is 0.535. The van der Waals surface area contributed by atoms with Gasteiger partial charge in [-0.3, -0.25) is 14.5 Å². The Kier molecular flexibility index (Phi) is 7.75. The Bertz CT molecular complexity index is 1040. The van der Waals surface area contributed by atoms with E-state index in [-0.39, 0.29) is 42.3 Å². The van der Waals surface area contributed by atoms with Gasteiger partial charge in [0.2, 0.25) is 11.7 Å². The summed E-state index contributed by atoms with van der Waals surface area (Å²) < 4.78 is 29.5. The lowest BCUT2D eigenvalue weighted by Crippen LogP contribution is -2.58. The summed E-state index contributed by atoms with van der Waals surface area (Å²) in [7, 11) is 4.55. The lowest BCUT2D eigenvalue weighted by Gasteiger charge is -2.48. The van der Waals surface area contributed by atoms with Crippen molar-refractivity contribution in [2.24, 2.45) is 0 Å². The fourth-order valence-corrected chi connectivity index (χ4v) is 5.27. The predicted molar refractivity (Wildman–Crippen MR) is 130 cm³/mol. The van der Waals surface area contributed by atoms with Gasteiger partial charge in [0.05, 0.1) is 27.9 Å².